The lowest BCUT2D eigenvalue weighted by atomic mass is 10.4. The molecule has 2 N–H and O–H groups in total. The van der Waals surface area contributed by atoms with Crippen LogP contribution in [0.1, 0.15) is 26.7 Å². The number of nitrogens with two attached hydrogens (primary N) is 1. The van der Waals surface area contributed by atoms with Gasteiger partial charge in [-0.2, -0.15) is 0 Å². The van der Waals surface area contributed by atoms with Crippen LogP contribution in [0.25, 0.3) is 0 Å². The van der Waals surface area contributed by atoms with Gasteiger partial charge >= 0.3 is 0 Å². The van der Waals surface area contributed by atoms with Crippen LogP contribution < -0.4 is 5.14 Å². The van der Waals surface area contributed by atoms with E-state index in [0.717, 1.165) is 4.90 Å². The molecule has 0 saturated carbocycles. The average Bonchev–Trinajstić information content (AvgIpc) is 2.53. The maximum atomic E-state index is 11.3. The highest BCUT2D eigenvalue weighted by molar-refractivity contribution is 8.04. The molecule has 0 aromatic carbocycles. The minimum atomic E-state index is -3.89. The summed E-state index contributed by atoms with van der Waals surface area (Å²) in [5.74, 6) is -0.722. The Kier molecular flexibility index (Phi) is 3.73. The fourth-order valence-corrected chi connectivity index (χ4v) is 1.34. The molecule has 0 aromatic rings. The molecule has 0 aliphatic carbocycles. The Morgan fingerprint density at radius 2 is 1.65 bits per heavy atom. The van der Waals surface area contributed by atoms with Gasteiger partial charge in [0.25, 0.3) is 10.0 Å². The monoisotopic (exact) mass is 260 g/mol. The molecule has 1 aliphatic rings. The maximum Gasteiger partial charge on any atom is 0.253 e. The molecule has 0 radical (unpaired) electrons. The Hall–Kier alpha value is -1.61. The van der Waals surface area contributed by atoms with E-state index in [9.17, 15) is 18.0 Å². The highest BCUT2D eigenvalue weighted by Gasteiger charge is 2.31. The van der Waals surface area contributed by atoms with E-state index in [1.165, 1.54) is 13.8 Å². The van der Waals surface area contributed by atoms with E-state index in [4.69, 9.17) is 5.14 Å². The quantitative estimate of drug-likeness (QED) is 0.286. The number of likely N-dealkylation sites (tertiary alicyclic amines) is 1. The van der Waals surface area contributed by atoms with E-state index in [0.29, 0.717) is 0 Å². The fraction of sp³-hybridized carbons (Fsp3) is 0.500. The standard InChI is InChI=1S/C8H12N4O4S/c1-5(10-11-6(2)17(9,15)16)12-7(13)3-4-8(12)14/h3-4H2,1-2H3,(H2,9,15,16)/b10-5+,11-6+. The van der Waals surface area contributed by atoms with E-state index in [2.05, 4.69) is 10.2 Å². The van der Waals surface area contributed by atoms with Crippen molar-refractivity contribution in [1.29, 1.82) is 0 Å². The molecule has 1 rings (SSSR count). The summed E-state index contributed by atoms with van der Waals surface area (Å²) in [6.07, 6.45) is 0.257. The summed E-state index contributed by atoms with van der Waals surface area (Å²) in [4.78, 5) is 23.5. The molecule has 0 bridgehead atoms. The van der Waals surface area contributed by atoms with Crippen molar-refractivity contribution in [3.05, 3.63) is 0 Å². The first-order valence-electron chi connectivity index (χ1n) is 4.71. The lowest BCUT2D eigenvalue weighted by molar-refractivity contribution is -0.133. The third-order valence-electron chi connectivity index (χ3n) is 2.12. The van der Waals surface area contributed by atoms with E-state index in [1.54, 1.807) is 0 Å². The Balaban J connectivity index is 2.95. The second-order valence-corrected chi connectivity index (χ2v) is 5.11. The SMILES string of the molecule is C/C(=N\N=C(/C)S(N)(=O)=O)N1C(=O)CCC1=O. The number of primary sulfonamides is 1. The molecule has 0 atom stereocenters. The maximum absolute atomic E-state index is 11.3. The summed E-state index contributed by atoms with van der Waals surface area (Å²) < 4.78 is 21.6. The minimum Gasteiger partial charge on any atom is -0.274 e. The van der Waals surface area contributed by atoms with Crippen molar-refractivity contribution < 1.29 is 18.0 Å². The van der Waals surface area contributed by atoms with Gasteiger partial charge in [-0.15, -0.1) is 10.2 Å². The van der Waals surface area contributed by atoms with Crippen molar-refractivity contribution in [1.82, 2.24) is 4.90 Å². The van der Waals surface area contributed by atoms with Crippen LogP contribution >= 0.6 is 0 Å². The zero-order chi connectivity index (χ0) is 13.2. The molecule has 17 heavy (non-hydrogen) atoms. The predicted molar refractivity (Wildman–Crippen MR) is 60.4 cm³/mol. The Bertz CT molecular complexity index is 504. The topological polar surface area (TPSA) is 122 Å². The molecule has 1 fully saturated rings. The van der Waals surface area contributed by atoms with Crippen molar-refractivity contribution in [2.24, 2.45) is 15.3 Å². The third-order valence-corrected chi connectivity index (χ3v) is 3.03. The fourth-order valence-electron chi connectivity index (χ4n) is 1.18. The number of hydrogen-bond acceptors (Lipinski definition) is 6. The van der Waals surface area contributed by atoms with Crippen LogP contribution in [0, 0.1) is 0 Å². The van der Waals surface area contributed by atoms with Crippen LogP contribution in [0.4, 0.5) is 0 Å². The van der Waals surface area contributed by atoms with Crippen LogP contribution in [-0.2, 0) is 19.6 Å². The van der Waals surface area contributed by atoms with Gasteiger partial charge in [0.15, 0.2) is 5.04 Å². The van der Waals surface area contributed by atoms with Crippen molar-refractivity contribution in [3.63, 3.8) is 0 Å². The van der Waals surface area contributed by atoms with Gasteiger partial charge in [0.2, 0.25) is 11.8 Å². The molecule has 2 amide bonds. The van der Waals surface area contributed by atoms with E-state index >= 15 is 0 Å². The molecule has 1 saturated heterocycles. The molecule has 94 valence electrons. The molecule has 1 aliphatic heterocycles. The zero-order valence-corrected chi connectivity index (χ0v) is 10.2. The summed E-state index contributed by atoms with van der Waals surface area (Å²) in [6.45, 7) is 2.56. The zero-order valence-electron chi connectivity index (χ0n) is 9.37. The average molecular weight is 260 g/mol. The summed E-state index contributed by atoms with van der Waals surface area (Å²) in [7, 11) is -3.89. The van der Waals surface area contributed by atoms with Gasteiger partial charge in [0.05, 0.1) is 0 Å². The van der Waals surface area contributed by atoms with Crippen molar-refractivity contribution >= 4 is 32.7 Å². The van der Waals surface area contributed by atoms with Gasteiger partial charge < -0.3 is 0 Å². The number of rotatable bonds is 1. The normalized spacial score (nSPS) is 19.1. The van der Waals surface area contributed by atoms with Crippen molar-refractivity contribution in [3.8, 4) is 0 Å². The first-order chi connectivity index (χ1) is 7.73. The predicted octanol–water partition coefficient (Wildman–Crippen LogP) is -0.824. The summed E-state index contributed by atoms with van der Waals surface area (Å²) in [6, 6.07) is 0. The van der Waals surface area contributed by atoms with Gasteiger partial charge in [0, 0.05) is 12.8 Å². The smallest absolute Gasteiger partial charge is 0.253 e. The van der Waals surface area contributed by atoms with Crippen LogP contribution in [0.5, 0.6) is 0 Å². The molecule has 0 aromatic heterocycles. The Labute approximate surface area is 98.2 Å². The van der Waals surface area contributed by atoms with Crippen LogP contribution in [-0.4, -0.2) is 36.0 Å². The van der Waals surface area contributed by atoms with E-state index < -0.39 is 15.1 Å². The molecule has 0 spiro atoms. The molecular weight excluding hydrogens is 248 g/mol. The van der Waals surface area contributed by atoms with Gasteiger partial charge in [0.1, 0.15) is 5.84 Å². The van der Waals surface area contributed by atoms with Crippen LogP contribution in [0.3, 0.4) is 0 Å². The van der Waals surface area contributed by atoms with Gasteiger partial charge in [-0.3, -0.25) is 9.59 Å². The molecular formula is C8H12N4O4S. The third kappa shape index (κ3) is 3.17. The minimum absolute atomic E-state index is 0.0282. The van der Waals surface area contributed by atoms with Gasteiger partial charge in [-0.05, 0) is 13.8 Å². The summed E-state index contributed by atoms with van der Waals surface area (Å²) >= 11 is 0. The van der Waals surface area contributed by atoms with E-state index in [1.807, 2.05) is 0 Å². The number of amides is 2. The first-order valence-corrected chi connectivity index (χ1v) is 6.25. The lowest BCUT2D eigenvalue weighted by Gasteiger charge is -2.10. The second kappa shape index (κ2) is 4.72. The Morgan fingerprint density at radius 1 is 1.18 bits per heavy atom. The van der Waals surface area contributed by atoms with Crippen molar-refractivity contribution in [2.75, 3.05) is 0 Å². The largest absolute Gasteiger partial charge is 0.274 e. The lowest BCUT2D eigenvalue weighted by Crippen LogP contribution is -2.33. The van der Waals surface area contributed by atoms with Crippen LogP contribution in [0.2, 0.25) is 0 Å². The number of carbonyl (C=O) groups is 2. The Morgan fingerprint density at radius 3 is 2.06 bits per heavy atom. The number of amidine groups is 1. The first kappa shape index (κ1) is 13.5. The van der Waals surface area contributed by atoms with Gasteiger partial charge in [-0.1, -0.05) is 0 Å². The molecule has 0 unspecified atom stereocenters. The van der Waals surface area contributed by atoms with Crippen LogP contribution in [0.15, 0.2) is 10.2 Å². The summed E-state index contributed by atoms with van der Waals surface area (Å²) in [5, 5.41) is 11.3. The number of carbonyl (C=O) groups excluding carboxylic acids is 2. The van der Waals surface area contributed by atoms with Gasteiger partial charge in [-0.25, -0.2) is 18.5 Å². The highest BCUT2D eigenvalue weighted by Crippen LogP contribution is 2.12. The molecule has 9 heteroatoms. The number of sulfonamides is 1. The molecule has 1 heterocycles. The van der Waals surface area contributed by atoms with E-state index in [-0.39, 0.29) is 30.5 Å². The van der Waals surface area contributed by atoms with Crippen molar-refractivity contribution in [2.45, 2.75) is 26.7 Å². The highest BCUT2D eigenvalue weighted by atomic mass is 32.2. The number of imide groups is 1. The number of nitrogens with zero attached hydrogens (tertiary/aromatic N) is 3. The second-order valence-electron chi connectivity index (χ2n) is 3.43. The number of hydrogen-bond donors (Lipinski definition) is 1. The molecule has 8 nitrogen and oxygen atoms in total. The summed E-state index contributed by atoms with van der Waals surface area (Å²) in [5.41, 5.74) is 0.